The van der Waals surface area contributed by atoms with Crippen molar-refractivity contribution in [1.29, 1.82) is 0 Å². The summed E-state index contributed by atoms with van der Waals surface area (Å²) in [5, 5.41) is 5.55. The summed E-state index contributed by atoms with van der Waals surface area (Å²) >= 11 is 0. The molecule has 3 atom stereocenters. The molecule has 0 bridgehead atoms. The van der Waals surface area contributed by atoms with Gasteiger partial charge in [0.2, 0.25) is 17.7 Å². The number of fused-ring (bicyclic) bond motifs is 1. The Bertz CT molecular complexity index is 1210. The minimum absolute atomic E-state index is 0.0809. The number of carbonyl (C=O) groups is 3. The minimum atomic E-state index is -1.82. The van der Waals surface area contributed by atoms with Gasteiger partial charge in [0, 0.05) is 17.7 Å². The molecule has 9 heteroatoms. The van der Waals surface area contributed by atoms with Crippen molar-refractivity contribution in [1.82, 2.24) is 15.5 Å². The Morgan fingerprint density at radius 3 is 2.11 bits per heavy atom. The van der Waals surface area contributed by atoms with Gasteiger partial charge in [-0.1, -0.05) is 38.1 Å². The summed E-state index contributed by atoms with van der Waals surface area (Å²) in [7, 11) is 0. The summed E-state index contributed by atoms with van der Waals surface area (Å²) < 4.78 is 44.2. The second-order valence-electron chi connectivity index (χ2n) is 11.7. The van der Waals surface area contributed by atoms with E-state index < -0.39 is 64.4 Å². The van der Waals surface area contributed by atoms with Crippen LogP contribution in [0.25, 0.3) is 0 Å². The molecular formula is C29H34F3N3O3. The number of benzene rings is 2. The van der Waals surface area contributed by atoms with Crippen LogP contribution in [0.4, 0.5) is 13.2 Å². The fourth-order valence-electron chi connectivity index (χ4n) is 5.52. The number of piperazine rings is 1. The predicted octanol–water partition coefficient (Wildman–Crippen LogP) is 4.22. The Labute approximate surface area is 221 Å². The fourth-order valence-corrected chi connectivity index (χ4v) is 5.52. The van der Waals surface area contributed by atoms with E-state index in [1.165, 1.54) is 0 Å². The molecule has 2 N–H and O–H groups in total. The van der Waals surface area contributed by atoms with Crippen LogP contribution in [0.1, 0.15) is 63.8 Å². The van der Waals surface area contributed by atoms with Crippen molar-refractivity contribution in [2.45, 2.75) is 77.5 Å². The predicted molar refractivity (Wildman–Crippen MR) is 136 cm³/mol. The lowest BCUT2D eigenvalue weighted by atomic mass is 9.87. The largest absolute Gasteiger partial charge is 0.349 e. The molecule has 3 amide bonds. The van der Waals surface area contributed by atoms with Crippen LogP contribution in [-0.4, -0.2) is 40.2 Å². The van der Waals surface area contributed by atoms with E-state index in [2.05, 4.69) is 10.6 Å². The monoisotopic (exact) mass is 529 g/mol. The molecule has 2 aromatic rings. The Kier molecular flexibility index (Phi) is 7.59. The molecule has 1 aliphatic carbocycles. The molecule has 1 saturated heterocycles. The van der Waals surface area contributed by atoms with Crippen molar-refractivity contribution in [2.24, 2.45) is 11.8 Å². The average molecular weight is 530 g/mol. The van der Waals surface area contributed by atoms with Crippen molar-refractivity contribution in [3.8, 4) is 0 Å². The normalized spacial score (nSPS) is 20.9. The molecule has 1 fully saturated rings. The summed E-state index contributed by atoms with van der Waals surface area (Å²) in [6.45, 7) is 8.76. The summed E-state index contributed by atoms with van der Waals surface area (Å²) in [5.74, 6) is -6.06. The third-order valence-electron chi connectivity index (χ3n) is 7.05. The van der Waals surface area contributed by atoms with Gasteiger partial charge < -0.3 is 15.5 Å². The lowest BCUT2D eigenvalue weighted by Gasteiger charge is -2.45. The fraction of sp³-hybridized carbons (Fsp3) is 0.483. The van der Waals surface area contributed by atoms with Crippen LogP contribution in [-0.2, 0) is 27.2 Å². The third kappa shape index (κ3) is 5.56. The second-order valence-corrected chi connectivity index (χ2v) is 11.7. The van der Waals surface area contributed by atoms with Crippen molar-refractivity contribution >= 4 is 17.7 Å². The molecule has 2 aliphatic rings. The standard InChI is InChI=1S/C29H34F3N3O3/c1-15(2)10-22-26(36)33-24(18-11-16-8-6-7-9-17(16)12-18)28(38)35(22)25(27(37)34-29(3,4)5)23-20(31)13-19(30)14-21(23)32/h6-9,13-15,18,22,24-25H,10-12H2,1-5H3,(H,33,36)(H,34,37)/t22-,24-,25?/m1/s1. The molecule has 2 aromatic carbocycles. The lowest BCUT2D eigenvalue weighted by molar-refractivity contribution is -0.158. The topological polar surface area (TPSA) is 78.5 Å². The molecule has 4 rings (SSSR count). The molecule has 0 aromatic heterocycles. The molecule has 0 saturated carbocycles. The van der Waals surface area contributed by atoms with Gasteiger partial charge in [-0.2, -0.15) is 0 Å². The van der Waals surface area contributed by atoms with Crippen molar-refractivity contribution in [3.05, 3.63) is 70.5 Å². The number of hydrogen-bond acceptors (Lipinski definition) is 3. The van der Waals surface area contributed by atoms with Crippen LogP contribution >= 0.6 is 0 Å². The maximum Gasteiger partial charge on any atom is 0.248 e. The Morgan fingerprint density at radius 1 is 1.05 bits per heavy atom. The first kappa shape index (κ1) is 27.7. The first-order chi connectivity index (χ1) is 17.8. The SMILES string of the molecule is CC(C)C[C@@H]1C(=O)N[C@H](C2Cc3ccccc3C2)C(=O)N1C(C(=O)NC(C)(C)C)c1c(F)cc(F)cc1F. The zero-order chi connectivity index (χ0) is 27.9. The molecule has 204 valence electrons. The van der Waals surface area contributed by atoms with Gasteiger partial charge >= 0.3 is 0 Å². The van der Waals surface area contributed by atoms with Gasteiger partial charge in [0.1, 0.15) is 35.6 Å². The van der Waals surface area contributed by atoms with Gasteiger partial charge in [-0.25, -0.2) is 13.2 Å². The van der Waals surface area contributed by atoms with Crippen LogP contribution in [0, 0.1) is 29.3 Å². The number of rotatable bonds is 6. The quantitative estimate of drug-likeness (QED) is 0.589. The van der Waals surface area contributed by atoms with Gasteiger partial charge in [-0.15, -0.1) is 0 Å². The third-order valence-corrected chi connectivity index (χ3v) is 7.05. The summed E-state index contributed by atoms with van der Waals surface area (Å²) in [5.41, 5.74) is 0.545. The van der Waals surface area contributed by atoms with E-state index in [-0.39, 0.29) is 18.3 Å². The number of nitrogens with one attached hydrogen (secondary N) is 2. The van der Waals surface area contributed by atoms with E-state index in [9.17, 15) is 18.8 Å². The zero-order valence-corrected chi connectivity index (χ0v) is 22.3. The number of nitrogens with zero attached hydrogens (tertiary/aromatic N) is 1. The highest BCUT2D eigenvalue weighted by molar-refractivity contribution is 6.00. The Balaban J connectivity index is 1.83. The van der Waals surface area contributed by atoms with Crippen molar-refractivity contribution in [2.75, 3.05) is 0 Å². The van der Waals surface area contributed by atoms with E-state index in [4.69, 9.17) is 0 Å². The van der Waals surface area contributed by atoms with E-state index in [1.54, 1.807) is 20.8 Å². The highest BCUT2D eigenvalue weighted by atomic mass is 19.1. The van der Waals surface area contributed by atoms with Crippen molar-refractivity contribution < 1.29 is 27.6 Å². The van der Waals surface area contributed by atoms with E-state index in [0.29, 0.717) is 25.0 Å². The number of carbonyl (C=O) groups excluding carboxylic acids is 3. The highest BCUT2D eigenvalue weighted by Gasteiger charge is 2.50. The lowest BCUT2D eigenvalue weighted by Crippen LogP contribution is -2.67. The summed E-state index contributed by atoms with van der Waals surface area (Å²) in [6.07, 6.45) is 1.24. The van der Waals surface area contributed by atoms with Crippen LogP contribution in [0.2, 0.25) is 0 Å². The number of amides is 3. The zero-order valence-electron chi connectivity index (χ0n) is 22.3. The minimum Gasteiger partial charge on any atom is -0.349 e. The highest BCUT2D eigenvalue weighted by Crippen LogP contribution is 2.37. The maximum absolute atomic E-state index is 15.2. The van der Waals surface area contributed by atoms with Gasteiger partial charge in [-0.05, 0) is 63.0 Å². The number of hydrogen-bond donors (Lipinski definition) is 2. The van der Waals surface area contributed by atoms with Crippen LogP contribution in [0.3, 0.4) is 0 Å². The molecule has 1 unspecified atom stereocenters. The van der Waals surface area contributed by atoms with Gasteiger partial charge in [0.25, 0.3) is 0 Å². The molecule has 1 heterocycles. The van der Waals surface area contributed by atoms with Crippen LogP contribution < -0.4 is 10.6 Å². The Hall–Kier alpha value is -3.36. The molecular weight excluding hydrogens is 495 g/mol. The van der Waals surface area contributed by atoms with Gasteiger partial charge in [-0.3, -0.25) is 14.4 Å². The van der Waals surface area contributed by atoms with E-state index >= 15 is 8.78 Å². The van der Waals surface area contributed by atoms with Gasteiger partial charge in [0.05, 0.1) is 5.56 Å². The van der Waals surface area contributed by atoms with Crippen LogP contribution in [0.5, 0.6) is 0 Å². The molecule has 0 spiro atoms. The van der Waals surface area contributed by atoms with Crippen LogP contribution in [0.15, 0.2) is 36.4 Å². The molecule has 0 radical (unpaired) electrons. The first-order valence-corrected chi connectivity index (χ1v) is 12.9. The second kappa shape index (κ2) is 10.4. The molecule has 6 nitrogen and oxygen atoms in total. The molecule has 38 heavy (non-hydrogen) atoms. The summed E-state index contributed by atoms with van der Waals surface area (Å²) in [4.78, 5) is 42.4. The smallest absolute Gasteiger partial charge is 0.248 e. The summed E-state index contributed by atoms with van der Waals surface area (Å²) in [6, 6.07) is 4.74. The first-order valence-electron chi connectivity index (χ1n) is 12.9. The van der Waals surface area contributed by atoms with Crippen molar-refractivity contribution in [3.63, 3.8) is 0 Å². The van der Waals surface area contributed by atoms with Gasteiger partial charge in [0.15, 0.2) is 0 Å². The van der Waals surface area contributed by atoms with E-state index in [0.717, 1.165) is 16.0 Å². The molecule has 1 aliphatic heterocycles. The van der Waals surface area contributed by atoms with E-state index in [1.807, 2.05) is 38.1 Å². The average Bonchev–Trinajstić information content (AvgIpc) is 3.22. The maximum atomic E-state index is 15.2. The number of halogens is 3. The Morgan fingerprint density at radius 2 is 1.61 bits per heavy atom.